The number of morpholine rings is 2. The van der Waals surface area contributed by atoms with Crippen molar-refractivity contribution in [3.05, 3.63) is 131 Å². The standard InChI is InChI=1S/C40H37ClFN3O2/c1-43-37-25-29(41)11-15-35(37)39(40(43)33-8-4-6-27-5-2-3-7-32(27)33)38(28-9-12-30(13-10-28)44-17-21-46-22-18-44)34-16-14-31(26-36(34)42)45-19-23-47-24-20-45/h2-16,25-26,38H,17-24H2,1H3. The van der Waals surface area contributed by atoms with E-state index in [0.29, 0.717) is 23.8 Å². The molecular formula is C40H37ClFN3O2. The molecule has 2 saturated heterocycles. The Morgan fingerprint density at radius 2 is 1.34 bits per heavy atom. The minimum absolute atomic E-state index is 0.217. The van der Waals surface area contributed by atoms with E-state index in [1.165, 1.54) is 0 Å². The van der Waals surface area contributed by atoms with Gasteiger partial charge in [0, 0.05) is 66.5 Å². The zero-order chi connectivity index (χ0) is 31.9. The van der Waals surface area contributed by atoms with Gasteiger partial charge in [0.1, 0.15) is 5.82 Å². The fourth-order valence-corrected chi connectivity index (χ4v) is 7.62. The van der Waals surface area contributed by atoms with Gasteiger partial charge in [-0.05, 0) is 63.9 Å². The lowest BCUT2D eigenvalue weighted by molar-refractivity contribution is 0.122. The monoisotopic (exact) mass is 645 g/mol. The number of rotatable bonds is 6. The highest BCUT2D eigenvalue weighted by Gasteiger charge is 2.30. The Labute approximate surface area is 279 Å². The Kier molecular flexibility index (Phi) is 8.10. The van der Waals surface area contributed by atoms with Crippen LogP contribution in [-0.2, 0) is 16.5 Å². The molecule has 2 fully saturated rings. The smallest absolute Gasteiger partial charge is 0.129 e. The molecule has 2 aliphatic rings. The van der Waals surface area contributed by atoms with Crippen molar-refractivity contribution in [2.75, 3.05) is 62.4 Å². The molecular weight excluding hydrogens is 609 g/mol. The molecule has 0 spiro atoms. The lowest BCUT2D eigenvalue weighted by Crippen LogP contribution is -2.36. The first-order valence-electron chi connectivity index (χ1n) is 16.4. The van der Waals surface area contributed by atoms with Crippen LogP contribution in [0.3, 0.4) is 0 Å². The van der Waals surface area contributed by atoms with Crippen LogP contribution in [0.25, 0.3) is 32.9 Å². The van der Waals surface area contributed by atoms with Crippen molar-refractivity contribution in [2.24, 2.45) is 7.05 Å². The van der Waals surface area contributed by atoms with Gasteiger partial charge in [0.2, 0.25) is 0 Å². The van der Waals surface area contributed by atoms with E-state index < -0.39 is 0 Å². The van der Waals surface area contributed by atoms with Gasteiger partial charge in [-0.2, -0.15) is 0 Å². The van der Waals surface area contributed by atoms with E-state index in [4.69, 9.17) is 21.1 Å². The maximum atomic E-state index is 16.7. The Balaban J connectivity index is 1.37. The summed E-state index contributed by atoms with van der Waals surface area (Å²) < 4.78 is 30.1. The van der Waals surface area contributed by atoms with Gasteiger partial charge in [0.05, 0.1) is 37.6 Å². The second-order valence-corrected chi connectivity index (χ2v) is 12.9. The predicted octanol–water partition coefficient (Wildman–Crippen LogP) is 8.64. The minimum Gasteiger partial charge on any atom is -0.378 e. The Bertz CT molecular complexity index is 2060. The zero-order valence-electron chi connectivity index (χ0n) is 26.5. The molecule has 0 bridgehead atoms. The maximum Gasteiger partial charge on any atom is 0.129 e. The average Bonchev–Trinajstić information content (AvgIpc) is 3.40. The molecule has 1 aromatic heterocycles. The molecule has 5 nitrogen and oxygen atoms in total. The van der Waals surface area contributed by atoms with Crippen molar-refractivity contribution >= 4 is 44.7 Å². The van der Waals surface area contributed by atoms with Gasteiger partial charge in [0.15, 0.2) is 0 Å². The lowest BCUT2D eigenvalue weighted by Gasteiger charge is -2.30. The second kappa shape index (κ2) is 12.7. The summed E-state index contributed by atoms with van der Waals surface area (Å²) in [5, 5.41) is 4.03. The highest BCUT2D eigenvalue weighted by Crippen LogP contribution is 2.47. The number of benzene rings is 5. The number of hydrogen-bond donors (Lipinski definition) is 0. The molecule has 47 heavy (non-hydrogen) atoms. The van der Waals surface area contributed by atoms with Crippen LogP contribution in [0.2, 0.25) is 5.02 Å². The fourth-order valence-electron chi connectivity index (χ4n) is 7.46. The van der Waals surface area contributed by atoms with E-state index in [1.807, 2.05) is 18.2 Å². The molecule has 0 aliphatic carbocycles. The lowest BCUT2D eigenvalue weighted by atomic mass is 9.81. The minimum atomic E-state index is -0.383. The van der Waals surface area contributed by atoms with Gasteiger partial charge < -0.3 is 23.8 Å². The van der Waals surface area contributed by atoms with Crippen LogP contribution < -0.4 is 9.80 Å². The van der Waals surface area contributed by atoms with Gasteiger partial charge in [-0.25, -0.2) is 4.39 Å². The first kappa shape index (κ1) is 30.0. The van der Waals surface area contributed by atoms with Crippen LogP contribution in [0.15, 0.2) is 103 Å². The normalized spacial score (nSPS) is 16.2. The molecule has 3 heterocycles. The molecule has 0 saturated carbocycles. The second-order valence-electron chi connectivity index (χ2n) is 12.4. The van der Waals surface area contributed by atoms with Crippen LogP contribution in [-0.4, -0.2) is 57.2 Å². The van der Waals surface area contributed by atoms with Crippen molar-refractivity contribution in [2.45, 2.75) is 5.92 Å². The molecule has 238 valence electrons. The molecule has 0 N–H and O–H groups in total. The topological polar surface area (TPSA) is 29.9 Å². The molecule has 1 unspecified atom stereocenters. The number of aromatic nitrogens is 1. The summed E-state index contributed by atoms with van der Waals surface area (Å²) >= 11 is 6.61. The quantitative estimate of drug-likeness (QED) is 0.181. The third kappa shape index (κ3) is 5.54. The third-order valence-corrected chi connectivity index (χ3v) is 10.0. The van der Waals surface area contributed by atoms with Crippen molar-refractivity contribution in [3.63, 3.8) is 0 Å². The van der Waals surface area contributed by atoms with Crippen LogP contribution in [0.1, 0.15) is 22.6 Å². The van der Waals surface area contributed by atoms with Crippen molar-refractivity contribution in [3.8, 4) is 11.3 Å². The zero-order valence-corrected chi connectivity index (χ0v) is 27.2. The van der Waals surface area contributed by atoms with E-state index in [0.717, 1.165) is 94.8 Å². The average molecular weight is 646 g/mol. The largest absolute Gasteiger partial charge is 0.378 e. The summed E-state index contributed by atoms with van der Waals surface area (Å²) in [5.41, 5.74) is 7.94. The molecule has 2 aliphatic heterocycles. The van der Waals surface area contributed by atoms with E-state index in [2.05, 4.69) is 100 Å². The summed E-state index contributed by atoms with van der Waals surface area (Å²) in [6.45, 7) is 5.95. The molecule has 8 rings (SSSR count). The van der Waals surface area contributed by atoms with Gasteiger partial charge in [-0.15, -0.1) is 0 Å². The highest BCUT2D eigenvalue weighted by molar-refractivity contribution is 6.31. The third-order valence-electron chi connectivity index (χ3n) is 9.81. The predicted molar refractivity (Wildman–Crippen MR) is 191 cm³/mol. The van der Waals surface area contributed by atoms with Gasteiger partial charge in [-0.1, -0.05) is 78.3 Å². The number of halogens is 2. The molecule has 1 atom stereocenters. The molecule has 6 aromatic rings. The summed E-state index contributed by atoms with van der Waals surface area (Å²) in [6.07, 6.45) is 0. The summed E-state index contributed by atoms with van der Waals surface area (Å²) in [7, 11) is 2.09. The van der Waals surface area contributed by atoms with E-state index >= 15 is 4.39 Å². The summed E-state index contributed by atoms with van der Waals surface area (Å²) in [6, 6.07) is 35.4. The highest BCUT2D eigenvalue weighted by atomic mass is 35.5. The van der Waals surface area contributed by atoms with E-state index in [-0.39, 0.29) is 11.7 Å². The number of hydrogen-bond acceptors (Lipinski definition) is 4. The molecule has 5 aromatic carbocycles. The number of anilines is 2. The first-order chi connectivity index (χ1) is 23.1. The number of fused-ring (bicyclic) bond motifs is 2. The van der Waals surface area contributed by atoms with Crippen LogP contribution in [0, 0.1) is 5.82 Å². The Morgan fingerprint density at radius 1 is 0.681 bits per heavy atom. The van der Waals surface area contributed by atoms with Gasteiger partial charge in [0.25, 0.3) is 0 Å². The van der Waals surface area contributed by atoms with Crippen LogP contribution in [0.5, 0.6) is 0 Å². The van der Waals surface area contributed by atoms with Gasteiger partial charge >= 0.3 is 0 Å². The maximum absolute atomic E-state index is 16.7. The number of aryl methyl sites for hydroxylation is 1. The Hall–Kier alpha value is -4.36. The van der Waals surface area contributed by atoms with E-state index in [9.17, 15) is 0 Å². The Morgan fingerprint density at radius 3 is 2.06 bits per heavy atom. The van der Waals surface area contributed by atoms with Crippen LogP contribution in [0.4, 0.5) is 15.8 Å². The van der Waals surface area contributed by atoms with Crippen molar-refractivity contribution in [1.29, 1.82) is 0 Å². The van der Waals surface area contributed by atoms with Crippen LogP contribution >= 0.6 is 11.6 Å². The summed E-state index contributed by atoms with van der Waals surface area (Å²) in [5.74, 6) is -0.600. The van der Waals surface area contributed by atoms with Crippen molar-refractivity contribution in [1.82, 2.24) is 4.57 Å². The number of nitrogens with zero attached hydrogens (tertiary/aromatic N) is 3. The molecule has 0 amide bonds. The molecule has 7 heteroatoms. The number of ether oxygens (including phenoxy) is 2. The first-order valence-corrected chi connectivity index (χ1v) is 16.8. The fraction of sp³-hybridized carbons (Fsp3) is 0.250. The van der Waals surface area contributed by atoms with Gasteiger partial charge in [-0.3, -0.25) is 0 Å². The van der Waals surface area contributed by atoms with Crippen molar-refractivity contribution < 1.29 is 13.9 Å². The SMILES string of the molecule is Cn1c(-c2cccc3ccccc23)c(C(c2ccc(N3CCOCC3)cc2)c2ccc(N3CCOCC3)cc2F)c2ccc(Cl)cc21. The molecule has 0 radical (unpaired) electrons. The summed E-state index contributed by atoms with van der Waals surface area (Å²) in [4.78, 5) is 4.55. The van der Waals surface area contributed by atoms with E-state index in [1.54, 1.807) is 6.07 Å².